The minimum absolute atomic E-state index is 0.232. The first-order chi connectivity index (χ1) is 10.7. The Morgan fingerprint density at radius 3 is 2.48 bits per heavy atom. The standard InChI is InChI=1S/C14H10ClF3N2O3/c1-20-13(23-9-4-2-8(15)3-5-9)10(6-7-11(21)22)12(19-20)14(16,17)18/h2-7H,1H3,(H,21,22)/b7-6+. The van der Waals surface area contributed by atoms with Gasteiger partial charge in [0.05, 0.1) is 5.56 Å². The number of alkyl halides is 3. The highest BCUT2D eigenvalue weighted by Crippen LogP contribution is 2.37. The maximum atomic E-state index is 13.0. The number of ether oxygens (including phenoxy) is 1. The van der Waals surface area contributed by atoms with E-state index in [0.717, 1.165) is 10.8 Å². The Morgan fingerprint density at radius 1 is 1.35 bits per heavy atom. The number of aryl methyl sites for hydroxylation is 1. The van der Waals surface area contributed by atoms with Crippen molar-refractivity contribution in [3.63, 3.8) is 0 Å². The molecule has 0 bridgehead atoms. The van der Waals surface area contributed by atoms with Crippen LogP contribution in [0.5, 0.6) is 11.6 Å². The Morgan fingerprint density at radius 2 is 1.96 bits per heavy atom. The third-order valence-corrected chi connectivity index (χ3v) is 2.97. The third kappa shape index (κ3) is 4.04. The predicted octanol–water partition coefficient (Wildman–Crippen LogP) is 3.98. The number of halogens is 4. The third-order valence-electron chi connectivity index (χ3n) is 2.72. The van der Waals surface area contributed by atoms with Gasteiger partial charge in [0.15, 0.2) is 5.69 Å². The molecule has 122 valence electrons. The number of hydrogen-bond donors (Lipinski definition) is 1. The molecule has 1 aromatic heterocycles. The predicted molar refractivity (Wildman–Crippen MR) is 76.4 cm³/mol. The summed E-state index contributed by atoms with van der Waals surface area (Å²) in [6, 6.07) is 5.94. The van der Waals surface area contributed by atoms with E-state index in [9.17, 15) is 18.0 Å². The first kappa shape index (κ1) is 16.9. The van der Waals surface area contributed by atoms with Gasteiger partial charge in [-0.15, -0.1) is 0 Å². The van der Waals surface area contributed by atoms with E-state index in [1.165, 1.54) is 31.3 Å². The van der Waals surface area contributed by atoms with Crippen LogP contribution in [0.2, 0.25) is 5.02 Å². The van der Waals surface area contributed by atoms with Crippen molar-refractivity contribution in [2.45, 2.75) is 6.18 Å². The fraction of sp³-hybridized carbons (Fsp3) is 0.143. The molecule has 0 saturated carbocycles. The number of carboxylic acid groups (broad SMARTS) is 1. The van der Waals surface area contributed by atoms with Crippen LogP contribution in [0.25, 0.3) is 6.08 Å². The van der Waals surface area contributed by atoms with Gasteiger partial charge in [-0.25, -0.2) is 9.48 Å². The highest BCUT2D eigenvalue weighted by atomic mass is 35.5. The summed E-state index contributed by atoms with van der Waals surface area (Å²) in [6.07, 6.45) is -3.37. The molecular formula is C14H10ClF3N2O3. The molecule has 9 heteroatoms. The number of rotatable bonds is 4. The largest absolute Gasteiger partial charge is 0.478 e. The highest BCUT2D eigenvalue weighted by Gasteiger charge is 2.39. The van der Waals surface area contributed by atoms with E-state index in [1.807, 2.05) is 0 Å². The monoisotopic (exact) mass is 346 g/mol. The van der Waals surface area contributed by atoms with Crippen LogP contribution in [0, 0.1) is 0 Å². The molecule has 23 heavy (non-hydrogen) atoms. The Labute approximate surface area is 133 Å². The second-order valence-corrected chi connectivity index (χ2v) is 4.85. The van der Waals surface area contributed by atoms with Crippen molar-refractivity contribution in [3.8, 4) is 11.6 Å². The molecule has 0 fully saturated rings. The normalized spacial score (nSPS) is 11.9. The van der Waals surface area contributed by atoms with E-state index in [0.29, 0.717) is 11.1 Å². The number of carbonyl (C=O) groups is 1. The van der Waals surface area contributed by atoms with Gasteiger partial charge in [-0.2, -0.15) is 18.3 Å². The van der Waals surface area contributed by atoms with Crippen LogP contribution in [0.3, 0.4) is 0 Å². The number of benzene rings is 1. The first-order valence-electron chi connectivity index (χ1n) is 6.17. The van der Waals surface area contributed by atoms with Crippen LogP contribution in [0.4, 0.5) is 13.2 Å². The lowest BCUT2D eigenvalue weighted by molar-refractivity contribution is -0.141. The summed E-state index contributed by atoms with van der Waals surface area (Å²) in [4.78, 5) is 10.6. The van der Waals surface area contributed by atoms with Crippen LogP contribution < -0.4 is 4.74 Å². The molecule has 2 rings (SSSR count). The molecular weight excluding hydrogens is 337 g/mol. The minimum Gasteiger partial charge on any atom is -0.478 e. The van der Waals surface area contributed by atoms with Gasteiger partial charge < -0.3 is 9.84 Å². The molecule has 0 spiro atoms. The maximum absolute atomic E-state index is 13.0. The van der Waals surface area contributed by atoms with Gasteiger partial charge in [0.2, 0.25) is 5.88 Å². The second-order valence-electron chi connectivity index (χ2n) is 4.42. The van der Waals surface area contributed by atoms with Gasteiger partial charge in [0.1, 0.15) is 5.75 Å². The van der Waals surface area contributed by atoms with Crippen LogP contribution in [-0.2, 0) is 18.0 Å². The van der Waals surface area contributed by atoms with Gasteiger partial charge in [0, 0.05) is 18.1 Å². The van der Waals surface area contributed by atoms with Crippen molar-refractivity contribution in [2.75, 3.05) is 0 Å². The van der Waals surface area contributed by atoms with Gasteiger partial charge in [-0.05, 0) is 30.3 Å². The summed E-state index contributed by atoms with van der Waals surface area (Å²) in [5.41, 5.74) is -1.71. The van der Waals surface area contributed by atoms with Crippen LogP contribution in [0.15, 0.2) is 30.3 Å². The molecule has 1 N–H and O–H groups in total. The van der Waals surface area contributed by atoms with Gasteiger partial charge >= 0.3 is 12.1 Å². The van der Waals surface area contributed by atoms with Crippen molar-refractivity contribution in [1.82, 2.24) is 9.78 Å². The maximum Gasteiger partial charge on any atom is 0.435 e. The Hall–Kier alpha value is -2.48. The molecule has 0 aliphatic carbocycles. The zero-order valence-electron chi connectivity index (χ0n) is 11.6. The molecule has 0 atom stereocenters. The van der Waals surface area contributed by atoms with E-state index in [-0.39, 0.29) is 11.6 Å². The minimum atomic E-state index is -4.75. The molecule has 1 aromatic carbocycles. The summed E-state index contributed by atoms with van der Waals surface area (Å²) in [5.74, 6) is -1.40. The Balaban J connectivity index is 2.50. The SMILES string of the molecule is Cn1nc(C(F)(F)F)c(/C=C/C(=O)O)c1Oc1ccc(Cl)cc1. The number of aliphatic carboxylic acids is 1. The number of aromatic nitrogens is 2. The molecule has 2 aromatic rings. The van der Waals surface area contributed by atoms with Gasteiger partial charge in [0.25, 0.3) is 0 Å². The van der Waals surface area contributed by atoms with Gasteiger partial charge in [-0.3, -0.25) is 0 Å². The fourth-order valence-electron chi connectivity index (χ4n) is 1.77. The van der Waals surface area contributed by atoms with Crippen molar-refractivity contribution in [3.05, 3.63) is 46.6 Å². The average molecular weight is 347 g/mol. The van der Waals surface area contributed by atoms with Crippen LogP contribution in [0.1, 0.15) is 11.3 Å². The summed E-state index contributed by atoms with van der Waals surface area (Å²) < 4.78 is 45.4. The lowest BCUT2D eigenvalue weighted by Gasteiger charge is -2.07. The number of carboxylic acids is 1. The fourth-order valence-corrected chi connectivity index (χ4v) is 1.90. The highest BCUT2D eigenvalue weighted by molar-refractivity contribution is 6.30. The molecule has 0 unspecified atom stereocenters. The lowest BCUT2D eigenvalue weighted by Crippen LogP contribution is -2.08. The summed E-state index contributed by atoms with van der Waals surface area (Å²) >= 11 is 5.73. The van der Waals surface area contributed by atoms with Crippen molar-refractivity contribution in [1.29, 1.82) is 0 Å². The molecule has 0 amide bonds. The van der Waals surface area contributed by atoms with Crippen molar-refractivity contribution in [2.24, 2.45) is 7.05 Å². The van der Waals surface area contributed by atoms with Crippen LogP contribution in [-0.4, -0.2) is 20.9 Å². The summed E-state index contributed by atoms with van der Waals surface area (Å²) in [7, 11) is 1.26. The first-order valence-corrected chi connectivity index (χ1v) is 6.55. The zero-order valence-corrected chi connectivity index (χ0v) is 12.4. The molecule has 0 aliphatic heterocycles. The zero-order chi connectivity index (χ0) is 17.2. The Bertz CT molecular complexity index is 752. The average Bonchev–Trinajstić information content (AvgIpc) is 2.76. The lowest BCUT2D eigenvalue weighted by atomic mass is 10.2. The summed E-state index contributed by atoms with van der Waals surface area (Å²) in [6.45, 7) is 0. The Kier molecular flexibility index (Phi) is 4.65. The summed E-state index contributed by atoms with van der Waals surface area (Å²) in [5, 5.41) is 12.4. The number of hydrogen-bond acceptors (Lipinski definition) is 3. The quantitative estimate of drug-likeness (QED) is 0.850. The van der Waals surface area contributed by atoms with Gasteiger partial charge in [-0.1, -0.05) is 11.6 Å². The van der Waals surface area contributed by atoms with Crippen LogP contribution >= 0.6 is 11.6 Å². The number of nitrogens with zero attached hydrogens (tertiary/aromatic N) is 2. The molecule has 0 radical (unpaired) electrons. The van der Waals surface area contributed by atoms with E-state index >= 15 is 0 Å². The molecule has 1 heterocycles. The van der Waals surface area contributed by atoms with E-state index in [1.54, 1.807) is 0 Å². The van der Waals surface area contributed by atoms with E-state index in [4.69, 9.17) is 21.4 Å². The topological polar surface area (TPSA) is 64.4 Å². The van der Waals surface area contributed by atoms with E-state index in [2.05, 4.69) is 5.10 Å². The van der Waals surface area contributed by atoms with E-state index < -0.39 is 23.4 Å². The molecule has 5 nitrogen and oxygen atoms in total. The molecule has 0 saturated heterocycles. The van der Waals surface area contributed by atoms with Crippen molar-refractivity contribution >= 4 is 23.6 Å². The smallest absolute Gasteiger partial charge is 0.435 e. The van der Waals surface area contributed by atoms with Crippen molar-refractivity contribution < 1.29 is 27.8 Å². The second kappa shape index (κ2) is 6.33. The molecule has 0 aliphatic rings.